The summed E-state index contributed by atoms with van der Waals surface area (Å²) in [5.74, 6) is -1.73. The van der Waals surface area contributed by atoms with Crippen molar-refractivity contribution in [2.45, 2.75) is 6.92 Å². The van der Waals surface area contributed by atoms with Crippen molar-refractivity contribution in [1.29, 1.82) is 0 Å². The summed E-state index contributed by atoms with van der Waals surface area (Å²) in [6, 6.07) is 19.6. The molecule has 3 aromatic carbocycles. The van der Waals surface area contributed by atoms with Gasteiger partial charge in [-0.3, -0.25) is 14.7 Å². The highest BCUT2D eigenvalue weighted by Crippen LogP contribution is 2.37. The first-order valence-corrected chi connectivity index (χ1v) is 12.4. The highest BCUT2D eigenvalue weighted by Gasteiger charge is 2.19. The summed E-state index contributed by atoms with van der Waals surface area (Å²) in [6.07, 6.45) is 2.80. The smallest absolute Gasteiger partial charge is 0.284 e. The van der Waals surface area contributed by atoms with E-state index in [9.17, 15) is 14.0 Å². The summed E-state index contributed by atoms with van der Waals surface area (Å²) in [7, 11) is 0. The second-order valence-electron chi connectivity index (χ2n) is 9.06. The summed E-state index contributed by atoms with van der Waals surface area (Å²) < 4.78 is 35.4. The van der Waals surface area contributed by atoms with Crippen LogP contribution < -0.4 is 15.6 Å². The van der Waals surface area contributed by atoms with Crippen molar-refractivity contribution in [2.24, 2.45) is 0 Å². The Hall–Kier alpha value is -5.71. The van der Waals surface area contributed by atoms with Crippen molar-refractivity contribution >= 4 is 22.6 Å². The molecule has 3 aromatic heterocycles. The van der Waals surface area contributed by atoms with Crippen molar-refractivity contribution in [3.63, 3.8) is 0 Å². The highest BCUT2D eigenvalue weighted by molar-refractivity contribution is 6.04. The summed E-state index contributed by atoms with van der Waals surface area (Å²) >= 11 is 0. The Morgan fingerprint density at radius 2 is 1.76 bits per heavy atom. The van der Waals surface area contributed by atoms with E-state index in [1.165, 1.54) is 54.9 Å². The summed E-state index contributed by atoms with van der Waals surface area (Å²) in [4.78, 5) is 30.1. The van der Waals surface area contributed by atoms with E-state index < -0.39 is 23.1 Å². The number of carbonyl (C=O) groups is 1. The quantitative estimate of drug-likeness (QED) is 0.271. The van der Waals surface area contributed by atoms with E-state index in [0.717, 1.165) is 21.9 Å². The maximum Gasteiger partial charge on any atom is 0.284 e. The number of hydrogen-bond donors (Lipinski definition) is 2. The van der Waals surface area contributed by atoms with Gasteiger partial charge in [0.15, 0.2) is 17.2 Å². The molecular weight excluding hydrogens is 530 g/mol. The van der Waals surface area contributed by atoms with Crippen molar-refractivity contribution in [2.75, 3.05) is 5.32 Å². The molecule has 1 amide bonds. The highest BCUT2D eigenvalue weighted by atomic mass is 19.1. The number of benzene rings is 3. The number of fused-ring (bicyclic) bond motifs is 1. The number of H-pyrrole nitrogens is 1. The summed E-state index contributed by atoms with van der Waals surface area (Å²) in [5, 5.41) is 14.4. The number of nitrogens with one attached hydrogen (secondary N) is 2. The number of hydrogen-bond acceptors (Lipinski definition) is 6. The van der Waals surface area contributed by atoms with E-state index >= 15 is 4.39 Å². The van der Waals surface area contributed by atoms with Gasteiger partial charge in [0.25, 0.3) is 11.5 Å². The molecule has 0 fully saturated rings. The molecule has 0 radical (unpaired) electrons. The van der Waals surface area contributed by atoms with Crippen molar-refractivity contribution in [3.05, 3.63) is 124 Å². The number of anilines is 1. The first-order chi connectivity index (χ1) is 19.9. The lowest BCUT2D eigenvalue weighted by Crippen LogP contribution is -2.29. The van der Waals surface area contributed by atoms with Gasteiger partial charge in [0.2, 0.25) is 0 Å². The third-order valence-electron chi connectivity index (χ3n) is 6.39. The largest absolute Gasteiger partial charge is 0.453 e. The van der Waals surface area contributed by atoms with Gasteiger partial charge in [-0.15, -0.1) is 0 Å². The molecule has 0 spiro atoms. The molecule has 0 unspecified atom stereocenters. The second-order valence-corrected chi connectivity index (χ2v) is 9.06. The zero-order chi connectivity index (χ0) is 28.5. The molecule has 11 heteroatoms. The van der Waals surface area contributed by atoms with Crippen LogP contribution in [0.5, 0.6) is 11.5 Å². The molecule has 0 atom stereocenters. The molecule has 0 aliphatic carbocycles. The molecule has 0 aliphatic heterocycles. The molecule has 6 aromatic rings. The number of aryl methyl sites for hydroxylation is 1. The third kappa shape index (κ3) is 4.91. The van der Waals surface area contributed by atoms with Gasteiger partial charge >= 0.3 is 0 Å². The lowest BCUT2D eigenvalue weighted by molar-refractivity contribution is 0.102. The second kappa shape index (κ2) is 10.5. The van der Waals surface area contributed by atoms with Crippen LogP contribution in [-0.2, 0) is 0 Å². The normalized spacial score (nSPS) is 11.0. The number of carbonyl (C=O) groups excluding carboxylic acids is 1. The summed E-state index contributed by atoms with van der Waals surface area (Å²) in [5.41, 5.74) is 2.42. The van der Waals surface area contributed by atoms with Crippen LogP contribution in [0.1, 0.15) is 15.9 Å². The topological polar surface area (TPSA) is 115 Å². The van der Waals surface area contributed by atoms with Gasteiger partial charge < -0.3 is 10.1 Å². The van der Waals surface area contributed by atoms with E-state index in [-0.39, 0.29) is 22.7 Å². The predicted molar refractivity (Wildman–Crippen MR) is 148 cm³/mol. The fourth-order valence-electron chi connectivity index (χ4n) is 4.37. The zero-order valence-electron chi connectivity index (χ0n) is 21.4. The number of aromatic amines is 1. The monoisotopic (exact) mass is 550 g/mol. The Labute approximate surface area is 231 Å². The van der Waals surface area contributed by atoms with Gasteiger partial charge in [-0.2, -0.15) is 14.9 Å². The molecular formula is C30H20F2N6O3. The average molecular weight is 551 g/mol. The van der Waals surface area contributed by atoms with Crippen LogP contribution in [0.4, 0.5) is 14.5 Å². The van der Waals surface area contributed by atoms with Crippen LogP contribution in [0.3, 0.4) is 0 Å². The number of nitrogens with zero attached hydrogens (tertiary/aromatic N) is 4. The SMILES string of the molecule is Cc1ccccc1-c1n[nH]c2nccc(Oc3ccc(NC(=O)c4ccnn(-c5ccc(F)cc5)c4=O)cc3F)c12. The van der Waals surface area contributed by atoms with Crippen LogP contribution in [0, 0.1) is 18.6 Å². The van der Waals surface area contributed by atoms with Crippen LogP contribution in [0.2, 0.25) is 0 Å². The molecule has 0 saturated carbocycles. The predicted octanol–water partition coefficient (Wildman–Crippen LogP) is 5.80. The van der Waals surface area contributed by atoms with E-state index in [2.05, 4.69) is 25.6 Å². The van der Waals surface area contributed by atoms with Crippen LogP contribution in [0.25, 0.3) is 28.0 Å². The van der Waals surface area contributed by atoms with Gasteiger partial charge in [-0.1, -0.05) is 24.3 Å². The first-order valence-electron chi connectivity index (χ1n) is 12.4. The van der Waals surface area contributed by atoms with E-state index in [1.807, 2.05) is 31.2 Å². The molecule has 0 saturated heterocycles. The standard InChI is InChI=1S/C30H20F2N6O3/c1-17-4-2-3-5-21(17)27-26-25(13-14-33-28(26)37-36-27)41-24-11-8-19(16-23(24)32)35-29(39)22-12-15-34-38(30(22)40)20-9-6-18(31)7-10-20/h2-16H,1H3,(H,35,39)(H,33,36,37). The minimum atomic E-state index is -0.765. The van der Waals surface area contributed by atoms with Crippen LogP contribution >= 0.6 is 0 Å². The molecule has 3 heterocycles. The van der Waals surface area contributed by atoms with Crippen molar-refractivity contribution in [1.82, 2.24) is 25.0 Å². The number of halogens is 2. The molecule has 6 rings (SSSR count). The van der Waals surface area contributed by atoms with Gasteiger partial charge in [0.05, 0.1) is 11.1 Å². The number of pyridine rings is 1. The van der Waals surface area contributed by atoms with E-state index in [0.29, 0.717) is 22.5 Å². The fourth-order valence-corrected chi connectivity index (χ4v) is 4.37. The molecule has 2 N–H and O–H groups in total. The molecule has 0 aliphatic rings. The average Bonchev–Trinajstić information content (AvgIpc) is 3.40. The minimum absolute atomic E-state index is 0.0880. The maximum atomic E-state index is 15.2. The Kier molecular flexibility index (Phi) is 6.52. The number of rotatable bonds is 6. The lowest BCUT2D eigenvalue weighted by Gasteiger charge is -2.11. The third-order valence-corrected chi connectivity index (χ3v) is 6.39. The molecule has 41 heavy (non-hydrogen) atoms. The lowest BCUT2D eigenvalue weighted by atomic mass is 10.0. The Morgan fingerprint density at radius 1 is 0.951 bits per heavy atom. The minimum Gasteiger partial charge on any atom is -0.453 e. The van der Waals surface area contributed by atoms with Crippen molar-refractivity contribution in [3.8, 4) is 28.4 Å². The fraction of sp³-hybridized carbons (Fsp3) is 0.0333. The first kappa shape index (κ1) is 25.6. The number of amides is 1. The number of aromatic nitrogens is 5. The van der Waals surface area contributed by atoms with E-state index in [4.69, 9.17) is 4.74 Å². The number of ether oxygens (including phenoxy) is 1. The van der Waals surface area contributed by atoms with Gasteiger partial charge in [-0.25, -0.2) is 13.8 Å². The maximum absolute atomic E-state index is 15.2. The molecule has 202 valence electrons. The van der Waals surface area contributed by atoms with Gasteiger partial charge in [0.1, 0.15) is 22.8 Å². The van der Waals surface area contributed by atoms with Gasteiger partial charge in [-0.05, 0) is 61.0 Å². The van der Waals surface area contributed by atoms with Crippen molar-refractivity contribution < 1.29 is 18.3 Å². The summed E-state index contributed by atoms with van der Waals surface area (Å²) in [6.45, 7) is 1.96. The van der Waals surface area contributed by atoms with Crippen LogP contribution in [0.15, 0.2) is 96.1 Å². The van der Waals surface area contributed by atoms with E-state index in [1.54, 1.807) is 6.07 Å². The van der Waals surface area contributed by atoms with Crippen LogP contribution in [-0.4, -0.2) is 30.9 Å². The molecule has 0 bridgehead atoms. The van der Waals surface area contributed by atoms with Gasteiger partial charge in [0, 0.05) is 29.7 Å². The Bertz CT molecular complexity index is 1990. The zero-order valence-corrected chi connectivity index (χ0v) is 21.4. The Morgan fingerprint density at radius 3 is 2.54 bits per heavy atom. The Balaban J connectivity index is 1.26. The molecule has 9 nitrogen and oxygen atoms in total.